The fourth-order valence-corrected chi connectivity index (χ4v) is 6.13. The molecular weight excluding hydrogens is 418 g/mol. The molecule has 0 saturated carbocycles. The molecule has 1 fully saturated rings. The summed E-state index contributed by atoms with van der Waals surface area (Å²) in [6, 6.07) is 0. The molecule has 0 bridgehead atoms. The van der Waals surface area contributed by atoms with Gasteiger partial charge < -0.3 is 10.1 Å². The van der Waals surface area contributed by atoms with Crippen LogP contribution in [0.3, 0.4) is 0 Å². The number of rotatable bonds is 4. The van der Waals surface area contributed by atoms with Crippen LogP contribution in [0.5, 0.6) is 5.19 Å². The van der Waals surface area contributed by atoms with Gasteiger partial charge >= 0.3 is 0 Å². The Morgan fingerprint density at radius 1 is 0.933 bits per heavy atom. The highest BCUT2D eigenvalue weighted by Gasteiger charge is 2.39. The molecule has 4 aromatic heterocycles. The van der Waals surface area contributed by atoms with Crippen molar-refractivity contribution in [3.63, 3.8) is 0 Å². The van der Waals surface area contributed by atoms with Gasteiger partial charge in [-0.2, -0.15) is 10.1 Å². The number of piperidine rings is 1. The van der Waals surface area contributed by atoms with Gasteiger partial charge in [0.1, 0.15) is 16.8 Å². The molecule has 5 rings (SSSR count). The van der Waals surface area contributed by atoms with Crippen LogP contribution < -0.4 is 10.1 Å². The molecule has 0 aliphatic carbocycles. The van der Waals surface area contributed by atoms with E-state index in [1.165, 1.54) is 22.7 Å². The smallest absolute Gasteiger partial charge is 0.276 e. The molecule has 0 aromatic carbocycles. The van der Waals surface area contributed by atoms with Crippen molar-refractivity contribution in [2.45, 2.75) is 57.7 Å². The molecule has 1 aliphatic rings. The molecule has 0 atom stereocenters. The van der Waals surface area contributed by atoms with Crippen molar-refractivity contribution in [1.82, 2.24) is 35.5 Å². The molecule has 156 valence electrons. The maximum atomic E-state index is 6.27. The van der Waals surface area contributed by atoms with E-state index >= 15 is 0 Å². The Morgan fingerprint density at radius 2 is 1.63 bits per heavy atom. The Bertz CT molecular complexity index is 1110. The third-order valence-electron chi connectivity index (χ3n) is 5.04. The van der Waals surface area contributed by atoms with Crippen LogP contribution in [0.1, 0.15) is 40.5 Å². The number of aromatic nitrogens is 6. The molecule has 1 aliphatic heterocycles. The maximum absolute atomic E-state index is 6.27. The van der Waals surface area contributed by atoms with E-state index in [0.29, 0.717) is 5.19 Å². The highest BCUT2D eigenvalue weighted by atomic mass is 32.1. The van der Waals surface area contributed by atoms with Gasteiger partial charge in [0.05, 0.1) is 24.3 Å². The summed E-state index contributed by atoms with van der Waals surface area (Å²) in [6.45, 7) is 8.88. The number of fused-ring (bicyclic) bond motifs is 1. The van der Waals surface area contributed by atoms with E-state index < -0.39 is 0 Å². The SMILES string of the molecule is CC1(C)CC(Oc2nc3sc(-c4cnc(-c5cn[nH]c5)cn4)nc3s2)CC(C)(C)N1. The number of ether oxygens (including phenoxy) is 1. The average Bonchev–Trinajstić information content (AvgIpc) is 3.35. The second-order valence-corrected chi connectivity index (χ2v) is 10.8. The van der Waals surface area contributed by atoms with E-state index in [-0.39, 0.29) is 17.2 Å². The predicted octanol–water partition coefficient (Wildman–Crippen LogP) is 4.29. The molecule has 4 aromatic rings. The first-order valence-electron chi connectivity index (χ1n) is 9.81. The number of aromatic amines is 1. The number of nitrogens with zero attached hydrogens (tertiary/aromatic N) is 5. The van der Waals surface area contributed by atoms with Crippen molar-refractivity contribution >= 4 is 32.3 Å². The van der Waals surface area contributed by atoms with Gasteiger partial charge in [-0.15, -0.1) is 0 Å². The van der Waals surface area contributed by atoms with Crippen LogP contribution in [0.4, 0.5) is 0 Å². The molecule has 0 unspecified atom stereocenters. The van der Waals surface area contributed by atoms with Crippen LogP contribution in [0, 0.1) is 0 Å². The first kappa shape index (κ1) is 19.5. The van der Waals surface area contributed by atoms with Crippen LogP contribution in [0.2, 0.25) is 0 Å². The summed E-state index contributed by atoms with van der Waals surface area (Å²) in [5.41, 5.74) is 2.48. The molecule has 5 heterocycles. The lowest BCUT2D eigenvalue weighted by atomic mass is 9.81. The molecule has 1 saturated heterocycles. The Kier molecular flexibility index (Phi) is 4.60. The van der Waals surface area contributed by atoms with Gasteiger partial charge in [0.15, 0.2) is 9.66 Å². The minimum Gasteiger partial charge on any atom is -0.466 e. The lowest BCUT2D eigenvalue weighted by Crippen LogP contribution is -2.60. The fourth-order valence-electron chi connectivity index (χ4n) is 4.22. The Labute approximate surface area is 182 Å². The van der Waals surface area contributed by atoms with Crippen molar-refractivity contribution in [2.24, 2.45) is 0 Å². The minimum atomic E-state index is 0.0355. The number of H-pyrrole nitrogens is 1. The zero-order valence-electron chi connectivity index (χ0n) is 17.3. The van der Waals surface area contributed by atoms with Gasteiger partial charge in [-0.05, 0) is 27.7 Å². The quantitative estimate of drug-likeness (QED) is 0.487. The van der Waals surface area contributed by atoms with Gasteiger partial charge in [0.25, 0.3) is 5.19 Å². The van der Waals surface area contributed by atoms with Crippen LogP contribution in [-0.4, -0.2) is 47.3 Å². The van der Waals surface area contributed by atoms with E-state index in [9.17, 15) is 0 Å². The number of thiazole rings is 2. The monoisotopic (exact) mass is 441 g/mol. The first-order chi connectivity index (χ1) is 14.3. The maximum Gasteiger partial charge on any atom is 0.276 e. The van der Waals surface area contributed by atoms with Crippen molar-refractivity contribution in [3.8, 4) is 27.2 Å². The molecular formula is C20H23N7OS2. The lowest BCUT2D eigenvalue weighted by Gasteiger charge is -2.45. The first-order valence-corrected chi connectivity index (χ1v) is 11.4. The van der Waals surface area contributed by atoms with Gasteiger partial charge in [-0.3, -0.25) is 10.1 Å². The second kappa shape index (κ2) is 7.07. The molecule has 8 nitrogen and oxygen atoms in total. The van der Waals surface area contributed by atoms with Gasteiger partial charge in [-0.25, -0.2) is 9.97 Å². The zero-order chi connectivity index (χ0) is 20.9. The third kappa shape index (κ3) is 3.94. The molecule has 10 heteroatoms. The van der Waals surface area contributed by atoms with E-state index in [0.717, 1.165) is 44.5 Å². The summed E-state index contributed by atoms with van der Waals surface area (Å²) in [5.74, 6) is 0. The van der Waals surface area contributed by atoms with E-state index in [1.54, 1.807) is 24.8 Å². The Hall–Kier alpha value is -2.43. The second-order valence-electron chi connectivity index (χ2n) is 8.92. The van der Waals surface area contributed by atoms with Gasteiger partial charge in [-0.1, -0.05) is 22.7 Å². The van der Waals surface area contributed by atoms with Crippen molar-refractivity contribution in [3.05, 3.63) is 24.8 Å². The number of nitrogens with one attached hydrogen (secondary N) is 2. The zero-order valence-corrected chi connectivity index (χ0v) is 18.9. The Balaban J connectivity index is 1.33. The van der Waals surface area contributed by atoms with Crippen LogP contribution >= 0.6 is 22.7 Å². The molecule has 0 spiro atoms. The Morgan fingerprint density at radius 3 is 2.27 bits per heavy atom. The molecule has 30 heavy (non-hydrogen) atoms. The highest BCUT2D eigenvalue weighted by Crippen LogP contribution is 2.37. The topological polar surface area (TPSA) is 102 Å². The normalized spacial score (nSPS) is 18.7. The standard InChI is InChI=1S/C20H23N7OS2/c1-19(2)5-12(6-20(3,4)27-19)28-18-26-17-16(30-18)25-15(29-17)14-10-21-13(9-22-14)11-7-23-24-8-11/h7-10,12,27H,5-6H2,1-4H3,(H,23,24). The lowest BCUT2D eigenvalue weighted by molar-refractivity contribution is 0.0559. The summed E-state index contributed by atoms with van der Waals surface area (Å²) in [6.07, 6.45) is 9.01. The molecule has 0 amide bonds. The van der Waals surface area contributed by atoms with E-state index in [1.807, 2.05) is 0 Å². The molecule has 0 radical (unpaired) electrons. The minimum absolute atomic E-state index is 0.0355. The largest absolute Gasteiger partial charge is 0.466 e. The summed E-state index contributed by atoms with van der Waals surface area (Å²) in [5, 5.41) is 11.9. The van der Waals surface area contributed by atoms with Crippen LogP contribution in [0.25, 0.3) is 31.6 Å². The summed E-state index contributed by atoms with van der Waals surface area (Å²) in [7, 11) is 0. The van der Waals surface area contributed by atoms with E-state index in [2.05, 4.69) is 58.2 Å². The van der Waals surface area contributed by atoms with Gasteiger partial charge in [0, 0.05) is 35.7 Å². The summed E-state index contributed by atoms with van der Waals surface area (Å²) >= 11 is 3.00. The van der Waals surface area contributed by atoms with Crippen LogP contribution in [-0.2, 0) is 0 Å². The highest BCUT2D eigenvalue weighted by molar-refractivity contribution is 7.28. The number of hydrogen-bond acceptors (Lipinski definition) is 9. The molecule has 2 N–H and O–H groups in total. The van der Waals surface area contributed by atoms with Crippen molar-refractivity contribution in [2.75, 3.05) is 0 Å². The van der Waals surface area contributed by atoms with Crippen molar-refractivity contribution < 1.29 is 4.74 Å². The van der Waals surface area contributed by atoms with E-state index in [4.69, 9.17) is 9.72 Å². The fraction of sp³-hybridized carbons (Fsp3) is 0.450. The predicted molar refractivity (Wildman–Crippen MR) is 119 cm³/mol. The van der Waals surface area contributed by atoms with Crippen LogP contribution in [0.15, 0.2) is 24.8 Å². The summed E-state index contributed by atoms with van der Waals surface area (Å²) < 4.78 is 6.27. The summed E-state index contributed by atoms with van der Waals surface area (Å²) in [4.78, 5) is 20.1. The van der Waals surface area contributed by atoms with Crippen molar-refractivity contribution in [1.29, 1.82) is 0 Å². The number of hydrogen-bond donors (Lipinski definition) is 2. The third-order valence-corrected chi connectivity index (χ3v) is 6.98. The van der Waals surface area contributed by atoms with Gasteiger partial charge in [0.2, 0.25) is 0 Å². The average molecular weight is 442 g/mol.